The van der Waals surface area contributed by atoms with E-state index in [4.69, 9.17) is 10.5 Å². The van der Waals surface area contributed by atoms with Gasteiger partial charge in [0.05, 0.1) is 7.11 Å². The summed E-state index contributed by atoms with van der Waals surface area (Å²) in [6, 6.07) is 12.8. The third-order valence-corrected chi connectivity index (χ3v) is 4.04. The normalized spacial score (nSPS) is 11.4. The topological polar surface area (TPSA) is 59.6 Å². The van der Waals surface area contributed by atoms with Gasteiger partial charge in [-0.25, -0.2) is 4.39 Å². The molecule has 2 rings (SSSR count). The fraction of sp³-hybridized carbons (Fsp3) is 0.278. The molecule has 0 aromatic heterocycles. The van der Waals surface area contributed by atoms with Crippen LogP contribution in [0.1, 0.15) is 11.1 Å². The maximum Gasteiger partial charge on any atom is 0.188 e. The van der Waals surface area contributed by atoms with E-state index in [1.807, 2.05) is 24.3 Å². The van der Waals surface area contributed by atoms with Crippen molar-refractivity contribution in [2.75, 3.05) is 20.2 Å². The summed E-state index contributed by atoms with van der Waals surface area (Å²) in [5.41, 5.74) is 7.64. The average molecular weight is 394 g/mol. The van der Waals surface area contributed by atoms with E-state index in [-0.39, 0.29) is 5.82 Å². The van der Waals surface area contributed by atoms with Crippen LogP contribution in [-0.2, 0) is 12.8 Å². The molecule has 0 aliphatic carbocycles. The van der Waals surface area contributed by atoms with Crippen LogP contribution in [0.15, 0.2) is 51.9 Å². The first-order chi connectivity index (χ1) is 11.6. The maximum atomic E-state index is 13.6. The fourth-order valence-electron chi connectivity index (χ4n) is 2.21. The molecule has 0 fully saturated rings. The highest BCUT2D eigenvalue weighted by molar-refractivity contribution is 9.10. The molecular formula is C18H21BrFN3O. The van der Waals surface area contributed by atoms with Gasteiger partial charge in [-0.1, -0.05) is 28.1 Å². The standard InChI is InChI=1S/C18H21BrFN3O/c1-24-16-5-2-13(3-6-16)8-10-22-18(21)23-11-9-14-12-15(19)4-7-17(14)20/h2-7,12H,8-11H2,1H3,(H3,21,22,23). The number of aliphatic imine (C=N–C) groups is 1. The number of rotatable bonds is 7. The van der Waals surface area contributed by atoms with Crippen molar-refractivity contribution in [2.45, 2.75) is 12.8 Å². The molecule has 0 amide bonds. The van der Waals surface area contributed by atoms with E-state index >= 15 is 0 Å². The minimum Gasteiger partial charge on any atom is -0.497 e. The molecule has 128 valence electrons. The number of hydrogen-bond acceptors (Lipinski definition) is 2. The van der Waals surface area contributed by atoms with Gasteiger partial charge in [-0.2, -0.15) is 0 Å². The molecule has 3 N–H and O–H groups in total. The van der Waals surface area contributed by atoms with Crippen LogP contribution in [0.3, 0.4) is 0 Å². The molecule has 0 saturated carbocycles. The van der Waals surface area contributed by atoms with Crippen molar-refractivity contribution in [3.63, 3.8) is 0 Å². The highest BCUT2D eigenvalue weighted by atomic mass is 79.9. The second-order valence-corrected chi connectivity index (χ2v) is 6.19. The molecule has 0 bridgehead atoms. The number of ether oxygens (including phenoxy) is 1. The van der Waals surface area contributed by atoms with Crippen molar-refractivity contribution in [1.82, 2.24) is 5.32 Å². The molecule has 0 heterocycles. The fourth-order valence-corrected chi connectivity index (χ4v) is 2.62. The minimum atomic E-state index is -0.223. The average Bonchev–Trinajstić information content (AvgIpc) is 2.58. The molecule has 6 heteroatoms. The summed E-state index contributed by atoms with van der Waals surface area (Å²) >= 11 is 3.34. The number of nitrogens with zero attached hydrogens (tertiary/aromatic N) is 1. The highest BCUT2D eigenvalue weighted by Gasteiger charge is 2.02. The minimum absolute atomic E-state index is 0.223. The van der Waals surface area contributed by atoms with Crippen molar-refractivity contribution >= 4 is 21.9 Å². The molecule has 0 unspecified atom stereocenters. The Morgan fingerprint density at radius 1 is 1.21 bits per heavy atom. The summed E-state index contributed by atoms with van der Waals surface area (Å²) in [4.78, 5) is 4.23. The van der Waals surface area contributed by atoms with Crippen LogP contribution in [0.25, 0.3) is 0 Å². The van der Waals surface area contributed by atoms with E-state index in [1.165, 1.54) is 11.6 Å². The number of methoxy groups -OCH3 is 1. The van der Waals surface area contributed by atoms with Crippen LogP contribution in [-0.4, -0.2) is 26.2 Å². The van der Waals surface area contributed by atoms with Gasteiger partial charge < -0.3 is 15.8 Å². The Morgan fingerprint density at radius 2 is 1.96 bits per heavy atom. The molecule has 24 heavy (non-hydrogen) atoms. The van der Waals surface area contributed by atoms with Crippen LogP contribution < -0.4 is 15.8 Å². The Bertz CT molecular complexity index is 689. The number of halogens is 2. The van der Waals surface area contributed by atoms with E-state index < -0.39 is 0 Å². The lowest BCUT2D eigenvalue weighted by Crippen LogP contribution is -2.33. The Hall–Kier alpha value is -2.08. The summed E-state index contributed by atoms with van der Waals surface area (Å²) in [5.74, 6) is 0.992. The van der Waals surface area contributed by atoms with Crippen molar-refractivity contribution in [3.05, 3.63) is 63.9 Å². The van der Waals surface area contributed by atoms with Crippen molar-refractivity contribution in [3.8, 4) is 5.75 Å². The lowest BCUT2D eigenvalue weighted by molar-refractivity contribution is 0.414. The zero-order valence-electron chi connectivity index (χ0n) is 13.6. The van der Waals surface area contributed by atoms with Gasteiger partial charge in [-0.15, -0.1) is 0 Å². The van der Waals surface area contributed by atoms with Crippen molar-refractivity contribution in [1.29, 1.82) is 0 Å². The second kappa shape index (κ2) is 9.27. The SMILES string of the molecule is COc1ccc(CCNC(N)=NCCc2cc(Br)ccc2F)cc1. The predicted molar refractivity (Wildman–Crippen MR) is 99.0 cm³/mol. The second-order valence-electron chi connectivity index (χ2n) is 5.28. The van der Waals surface area contributed by atoms with Gasteiger partial charge >= 0.3 is 0 Å². The number of benzene rings is 2. The molecule has 0 radical (unpaired) electrons. The van der Waals surface area contributed by atoms with Gasteiger partial charge in [0.2, 0.25) is 0 Å². The van der Waals surface area contributed by atoms with Crippen LogP contribution in [0.5, 0.6) is 5.75 Å². The first-order valence-electron chi connectivity index (χ1n) is 7.69. The Kier molecular flexibility index (Phi) is 7.06. The smallest absolute Gasteiger partial charge is 0.188 e. The number of guanidine groups is 1. The zero-order chi connectivity index (χ0) is 17.4. The predicted octanol–water partition coefficient (Wildman–Crippen LogP) is 3.29. The van der Waals surface area contributed by atoms with E-state index in [0.29, 0.717) is 31.0 Å². The van der Waals surface area contributed by atoms with Crippen molar-refractivity contribution in [2.24, 2.45) is 10.7 Å². The summed E-state index contributed by atoms with van der Waals surface area (Å²) in [7, 11) is 1.65. The lowest BCUT2D eigenvalue weighted by Gasteiger charge is -2.07. The molecule has 0 spiro atoms. The van der Waals surface area contributed by atoms with Gasteiger partial charge in [0, 0.05) is 17.6 Å². The Labute approximate surface area is 150 Å². The lowest BCUT2D eigenvalue weighted by atomic mass is 10.1. The third-order valence-electron chi connectivity index (χ3n) is 3.55. The van der Waals surface area contributed by atoms with Gasteiger partial charge in [-0.05, 0) is 54.3 Å². The summed E-state index contributed by atoms with van der Waals surface area (Å²) in [6.45, 7) is 1.13. The van der Waals surface area contributed by atoms with Crippen LogP contribution in [0.2, 0.25) is 0 Å². The maximum absolute atomic E-state index is 13.6. The molecule has 0 atom stereocenters. The number of hydrogen-bond donors (Lipinski definition) is 2. The van der Waals surface area contributed by atoms with E-state index in [0.717, 1.165) is 16.6 Å². The van der Waals surface area contributed by atoms with Gasteiger partial charge in [0.15, 0.2) is 5.96 Å². The third kappa shape index (κ3) is 5.85. The van der Waals surface area contributed by atoms with Crippen LogP contribution >= 0.6 is 15.9 Å². The molecule has 0 saturated heterocycles. The van der Waals surface area contributed by atoms with Crippen molar-refractivity contribution < 1.29 is 9.13 Å². The van der Waals surface area contributed by atoms with E-state index in [9.17, 15) is 4.39 Å². The number of nitrogens with one attached hydrogen (secondary N) is 1. The Balaban J connectivity index is 1.74. The first-order valence-corrected chi connectivity index (χ1v) is 8.48. The number of nitrogens with two attached hydrogens (primary N) is 1. The van der Waals surface area contributed by atoms with E-state index in [2.05, 4.69) is 26.2 Å². The molecule has 0 aliphatic rings. The molecule has 0 aliphatic heterocycles. The van der Waals surface area contributed by atoms with Gasteiger partial charge in [-0.3, -0.25) is 4.99 Å². The molecule has 2 aromatic rings. The first kappa shape index (κ1) is 18.3. The zero-order valence-corrected chi connectivity index (χ0v) is 15.1. The Morgan fingerprint density at radius 3 is 2.67 bits per heavy atom. The van der Waals surface area contributed by atoms with Gasteiger partial charge in [0.1, 0.15) is 11.6 Å². The largest absolute Gasteiger partial charge is 0.497 e. The monoisotopic (exact) mass is 393 g/mol. The summed E-state index contributed by atoms with van der Waals surface area (Å²) in [5, 5.41) is 3.07. The summed E-state index contributed by atoms with van der Waals surface area (Å²) in [6.07, 6.45) is 1.34. The van der Waals surface area contributed by atoms with E-state index in [1.54, 1.807) is 19.2 Å². The van der Waals surface area contributed by atoms with Gasteiger partial charge in [0.25, 0.3) is 0 Å². The molecular weight excluding hydrogens is 373 g/mol. The highest BCUT2D eigenvalue weighted by Crippen LogP contribution is 2.16. The van der Waals surface area contributed by atoms with Crippen LogP contribution in [0, 0.1) is 5.82 Å². The molecule has 4 nitrogen and oxygen atoms in total. The molecule has 2 aromatic carbocycles. The quantitative estimate of drug-likeness (QED) is 0.560. The van der Waals surface area contributed by atoms with Crippen LogP contribution in [0.4, 0.5) is 4.39 Å². The summed E-state index contributed by atoms with van der Waals surface area (Å²) < 4.78 is 19.6.